The monoisotopic (exact) mass is 288 g/mol. The topological polar surface area (TPSA) is 46.5 Å². The van der Waals surface area contributed by atoms with E-state index in [0.717, 1.165) is 5.56 Å². The molecule has 0 aliphatic heterocycles. The molecule has 0 spiro atoms. The van der Waals surface area contributed by atoms with Crippen molar-refractivity contribution < 1.29 is 19.0 Å². The minimum Gasteiger partial charge on any atom is -0.486 e. The van der Waals surface area contributed by atoms with E-state index < -0.39 is 17.7 Å². The van der Waals surface area contributed by atoms with E-state index in [0.29, 0.717) is 11.1 Å². The van der Waals surface area contributed by atoms with Crippen molar-refractivity contribution in [1.82, 2.24) is 0 Å². The molecular formula is C17H17FO3. The highest BCUT2D eigenvalue weighted by Gasteiger charge is 2.18. The Labute approximate surface area is 123 Å². The van der Waals surface area contributed by atoms with Crippen LogP contribution >= 0.6 is 0 Å². The molecule has 0 amide bonds. The summed E-state index contributed by atoms with van der Waals surface area (Å²) in [6.07, 6.45) is 0. The van der Waals surface area contributed by atoms with Crippen molar-refractivity contribution in [3.8, 4) is 5.75 Å². The lowest BCUT2D eigenvalue weighted by Crippen LogP contribution is -2.09. The van der Waals surface area contributed by atoms with Gasteiger partial charge in [0.05, 0.1) is 5.92 Å². The van der Waals surface area contributed by atoms with Crippen LogP contribution in [0.25, 0.3) is 0 Å². The molecule has 2 aromatic rings. The van der Waals surface area contributed by atoms with Crippen LogP contribution in [0.15, 0.2) is 42.5 Å². The molecule has 0 aromatic heterocycles. The number of benzene rings is 2. The molecular weight excluding hydrogens is 271 g/mol. The van der Waals surface area contributed by atoms with E-state index in [1.807, 2.05) is 30.3 Å². The number of carboxylic acids is 1. The number of carboxylic acid groups (broad SMARTS) is 1. The van der Waals surface area contributed by atoms with Crippen LogP contribution in [-0.4, -0.2) is 11.1 Å². The summed E-state index contributed by atoms with van der Waals surface area (Å²) in [4.78, 5) is 11.0. The number of ether oxygens (including phenoxy) is 1. The molecule has 0 fully saturated rings. The Balaban J connectivity index is 2.19. The molecule has 0 saturated heterocycles. The summed E-state index contributed by atoms with van der Waals surface area (Å²) in [5, 5.41) is 8.98. The first kappa shape index (κ1) is 15.0. The van der Waals surface area contributed by atoms with Gasteiger partial charge in [-0.05, 0) is 36.6 Å². The molecule has 0 heterocycles. The summed E-state index contributed by atoms with van der Waals surface area (Å²) in [5.74, 6) is -2.10. The maximum atomic E-state index is 14.1. The second kappa shape index (κ2) is 6.39. The van der Waals surface area contributed by atoms with Crippen LogP contribution in [0.1, 0.15) is 29.5 Å². The van der Waals surface area contributed by atoms with Crippen molar-refractivity contribution >= 4 is 5.97 Å². The lowest BCUT2D eigenvalue weighted by molar-refractivity contribution is -0.138. The number of aryl methyl sites for hydroxylation is 1. The summed E-state index contributed by atoms with van der Waals surface area (Å²) < 4.78 is 19.6. The second-order valence-electron chi connectivity index (χ2n) is 4.98. The van der Waals surface area contributed by atoms with Crippen molar-refractivity contribution in [1.29, 1.82) is 0 Å². The van der Waals surface area contributed by atoms with Gasteiger partial charge in [-0.25, -0.2) is 4.39 Å². The van der Waals surface area contributed by atoms with Gasteiger partial charge in [0, 0.05) is 0 Å². The van der Waals surface area contributed by atoms with Crippen LogP contribution < -0.4 is 4.74 Å². The zero-order valence-electron chi connectivity index (χ0n) is 12.0. The molecule has 2 aromatic carbocycles. The van der Waals surface area contributed by atoms with E-state index in [4.69, 9.17) is 9.84 Å². The summed E-state index contributed by atoms with van der Waals surface area (Å²) >= 11 is 0. The first-order valence-corrected chi connectivity index (χ1v) is 6.68. The van der Waals surface area contributed by atoms with Crippen molar-refractivity contribution in [3.63, 3.8) is 0 Å². The van der Waals surface area contributed by atoms with E-state index in [1.54, 1.807) is 13.0 Å². The molecule has 0 aliphatic rings. The second-order valence-corrected chi connectivity index (χ2v) is 4.98. The summed E-state index contributed by atoms with van der Waals surface area (Å²) in [7, 11) is 0. The Morgan fingerprint density at radius 2 is 1.95 bits per heavy atom. The van der Waals surface area contributed by atoms with Crippen LogP contribution in [0, 0.1) is 12.7 Å². The largest absolute Gasteiger partial charge is 0.486 e. The highest BCUT2D eigenvalue weighted by molar-refractivity contribution is 5.75. The normalized spacial score (nSPS) is 12.0. The van der Waals surface area contributed by atoms with Crippen LogP contribution in [0.5, 0.6) is 5.75 Å². The average Bonchev–Trinajstić information content (AvgIpc) is 2.46. The fourth-order valence-corrected chi connectivity index (χ4v) is 2.06. The number of halogens is 1. The average molecular weight is 288 g/mol. The minimum atomic E-state index is -0.980. The van der Waals surface area contributed by atoms with Crippen molar-refractivity contribution in [2.24, 2.45) is 0 Å². The fourth-order valence-electron chi connectivity index (χ4n) is 2.06. The van der Waals surface area contributed by atoms with Crippen LogP contribution in [0.3, 0.4) is 0 Å². The first-order valence-electron chi connectivity index (χ1n) is 6.68. The van der Waals surface area contributed by atoms with Gasteiger partial charge in [-0.2, -0.15) is 0 Å². The third-order valence-electron chi connectivity index (χ3n) is 3.35. The molecule has 1 unspecified atom stereocenters. The summed E-state index contributed by atoms with van der Waals surface area (Å²) in [6.45, 7) is 3.51. The number of hydrogen-bond acceptors (Lipinski definition) is 2. The predicted molar refractivity (Wildman–Crippen MR) is 78.0 cm³/mol. The SMILES string of the molecule is Cc1cc(C(C)C(=O)O)cc(F)c1OCc1ccccc1. The van der Waals surface area contributed by atoms with Gasteiger partial charge in [-0.15, -0.1) is 0 Å². The molecule has 110 valence electrons. The Kier molecular flexibility index (Phi) is 4.58. The quantitative estimate of drug-likeness (QED) is 0.907. The summed E-state index contributed by atoms with van der Waals surface area (Å²) in [6, 6.07) is 12.4. The van der Waals surface area contributed by atoms with Crippen molar-refractivity contribution in [2.75, 3.05) is 0 Å². The Bertz CT molecular complexity index is 615. The molecule has 1 N–H and O–H groups in total. The van der Waals surface area contributed by atoms with Gasteiger partial charge in [0.1, 0.15) is 6.61 Å². The standard InChI is InChI=1S/C17H17FO3/c1-11-8-14(12(2)17(19)20)9-15(18)16(11)21-10-13-6-4-3-5-7-13/h3-9,12H,10H2,1-2H3,(H,19,20). The summed E-state index contributed by atoms with van der Waals surface area (Å²) in [5.41, 5.74) is 1.97. The van der Waals surface area contributed by atoms with Crippen LogP contribution in [0.2, 0.25) is 0 Å². The van der Waals surface area contributed by atoms with E-state index in [9.17, 15) is 9.18 Å². The van der Waals surface area contributed by atoms with Crippen molar-refractivity contribution in [3.05, 3.63) is 65.0 Å². The molecule has 1 atom stereocenters. The van der Waals surface area contributed by atoms with E-state index in [-0.39, 0.29) is 12.4 Å². The lowest BCUT2D eigenvalue weighted by atomic mass is 9.99. The van der Waals surface area contributed by atoms with Gasteiger partial charge >= 0.3 is 5.97 Å². The van der Waals surface area contributed by atoms with Gasteiger partial charge < -0.3 is 9.84 Å². The molecule has 4 heteroatoms. The predicted octanol–water partition coefficient (Wildman–Crippen LogP) is 3.90. The lowest BCUT2D eigenvalue weighted by Gasteiger charge is -2.14. The van der Waals surface area contributed by atoms with Gasteiger partial charge in [-0.3, -0.25) is 4.79 Å². The van der Waals surface area contributed by atoms with Crippen LogP contribution in [-0.2, 0) is 11.4 Å². The van der Waals surface area contributed by atoms with E-state index in [1.165, 1.54) is 13.0 Å². The molecule has 21 heavy (non-hydrogen) atoms. The number of carbonyl (C=O) groups is 1. The number of hydrogen-bond donors (Lipinski definition) is 1. The minimum absolute atomic E-state index is 0.167. The molecule has 0 saturated carbocycles. The molecule has 0 bridgehead atoms. The zero-order chi connectivity index (χ0) is 15.4. The first-order chi connectivity index (χ1) is 9.99. The van der Waals surface area contributed by atoms with Gasteiger partial charge in [0.25, 0.3) is 0 Å². The smallest absolute Gasteiger partial charge is 0.310 e. The fraction of sp³-hybridized carbons (Fsp3) is 0.235. The van der Waals surface area contributed by atoms with Gasteiger partial charge in [0.2, 0.25) is 0 Å². The Hall–Kier alpha value is -2.36. The maximum absolute atomic E-state index is 14.1. The third kappa shape index (κ3) is 3.60. The van der Waals surface area contributed by atoms with Crippen molar-refractivity contribution in [2.45, 2.75) is 26.4 Å². The van der Waals surface area contributed by atoms with E-state index >= 15 is 0 Å². The Morgan fingerprint density at radius 1 is 1.29 bits per heavy atom. The maximum Gasteiger partial charge on any atom is 0.310 e. The Morgan fingerprint density at radius 3 is 2.52 bits per heavy atom. The molecule has 0 radical (unpaired) electrons. The third-order valence-corrected chi connectivity index (χ3v) is 3.35. The van der Waals surface area contributed by atoms with E-state index in [2.05, 4.69) is 0 Å². The molecule has 2 rings (SSSR count). The van der Waals surface area contributed by atoms with Gasteiger partial charge in [-0.1, -0.05) is 36.4 Å². The highest BCUT2D eigenvalue weighted by Crippen LogP contribution is 2.28. The van der Waals surface area contributed by atoms with Crippen LogP contribution in [0.4, 0.5) is 4.39 Å². The zero-order valence-corrected chi connectivity index (χ0v) is 12.0. The molecule has 3 nitrogen and oxygen atoms in total. The number of aliphatic carboxylic acids is 1. The number of rotatable bonds is 5. The van der Waals surface area contributed by atoms with Gasteiger partial charge in [0.15, 0.2) is 11.6 Å². The highest BCUT2D eigenvalue weighted by atomic mass is 19.1. The molecule has 0 aliphatic carbocycles.